The van der Waals surface area contributed by atoms with Crippen molar-refractivity contribution in [3.63, 3.8) is 0 Å². The van der Waals surface area contributed by atoms with Gasteiger partial charge in [0.2, 0.25) is 0 Å². The van der Waals surface area contributed by atoms with Crippen molar-refractivity contribution < 1.29 is 39.0 Å². The van der Waals surface area contributed by atoms with Gasteiger partial charge in [0.05, 0.1) is 18.1 Å². The number of carboxylic acid groups (broad SMARTS) is 1. The smallest absolute Gasteiger partial charge is 0.367 e. The zero-order chi connectivity index (χ0) is 22.8. The Balaban J connectivity index is 0. The minimum absolute atomic E-state index is 0.141. The molecule has 1 unspecified atom stereocenters. The summed E-state index contributed by atoms with van der Waals surface area (Å²) < 4.78 is 5.35. The molecule has 0 bridgehead atoms. The Bertz CT molecular complexity index is 460. The van der Waals surface area contributed by atoms with Gasteiger partial charge in [-0.2, -0.15) is 9.78 Å². The van der Waals surface area contributed by atoms with E-state index in [9.17, 15) is 14.7 Å². The molecular formula is C20H40O8. The number of hydrogen-bond acceptors (Lipinski definition) is 7. The van der Waals surface area contributed by atoms with Gasteiger partial charge in [-0.1, -0.05) is 34.6 Å². The molecule has 0 saturated carbocycles. The highest BCUT2D eigenvalue weighted by molar-refractivity contribution is 5.75. The molecular weight excluding hydrogens is 368 g/mol. The van der Waals surface area contributed by atoms with Crippen molar-refractivity contribution in [2.24, 2.45) is 11.8 Å². The molecule has 0 fully saturated rings. The summed E-state index contributed by atoms with van der Waals surface area (Å²) in [5.41, 5.74) is -1.01. The van der Waals surface area contributed by atoms with Gasteiger partial charge in [0, 0.05) is 6.42 Å². The number of carboxylic acids is 1. The summed E-state index contributed by atoms with van der Waals surface area (Å²) in [6, 6.07) is 0. The SMILES string of the molecule is CC(C)C(=O)OOC(C)(C)C.CCC(OCC(C)C)(OOC(C)(C)C)C(=O)O. The first-order chi connectivity index (χ1) is 12.5. The van der Waals surface area contributed by atoms with E-state index in [2.05, 4.69) is 4.89 Å². The van der Waals surface area contributed by atoms with Crippen LogP contribution in [0.1, 0.15) is 82.6 Å². The van der Waals surface area contributed by atoms with Crippen molar-refractivity contribution in [2.45, 2.75) is 99.6 Å². The van der Waals surface area contributed by atoms with Crippen LogP contribution in [-0.2, 0) is 33.9 Å². The van der Waals surface area contributed by atoms with Crippen LogP contribution in [0.5, 0.6) is 0 Å². The van der Waals surface area contributed by atoms with Gasteiger partial charge in [0.1, 0.15) is 5.60 Å². The summed E-state index contributed by atoms with van der Waals surface area (Å²) in [7, 11) is 0. The number of rotatable bonds is 9. The van der Waals surface area contributed by atoms with Crippen LogP contribution in [0.2, 0.25) is 0 Å². The van der Waals surface area contributed by atoms with E-state index in [1.807, 2.05) is 34.6 Å². The Morgan fingerprint density at radius 2 is 1.32 bits per heavy atom. The minimum Gasteiger partial charge on any atom is -0.477 e. The quantitative estimate of drug-likeness (QED) is 0.338. The maximum Gasteiger partial charge on any atom is 0.367 e. The van der Waals surface area contributed by atoms with Crippen molar-refractivity contribution in [3.8, 4) is 0 Å². The van der Waals surface area contributed by atoms with Crippen LogP contribution in [0, 0.1) is 11.8 Å². The Kier molecular flexibility index (Phi) is 12.8. The number of ether oxygens (including phenoxy) is 1. The van der Waals surface area contributed by atoms with Crippen LogP contribution >= 0.6 is 0 Å². The van der Waals surface area contributed by atoms with E-state index in [0.29, 0.717) is 6.61 Å². The van der Waals surface area contributed by atoms with Crippen molar-refractivity contribution in [1.82, 2.24) is 0 Å². The maximum atomic E-state index is 11.3. The van der Waals surface area contributed by atoms with Crippen molar-refractivity contribution in [2.75, 3.05) is 6.61 Å². The summed E-state index contributed by atoms with van der Waals surface area (Å²) in [4.78, 5) is 41.5. The minimum atomic E-state index is -1.72. The predicted octanol–water partition coefficient (Wildman–Crippen LogP) is 4.51. The fourth-order valence-electron chi connectivity index (χ4n) is 1.19. The first-order valence-electron chi connectivity index (χ1n) is 9.59. The van der Waals surface area contributed by atoms with E-state index < -0.39 is 23.0 Å². The van der Waals surface area contributed by atoms with Gasteiger partial charge in [-0.15, -0.1) is 0 Å². The molecule has 0 saturated heterocycles. The zero-order valence-corrected chi connectivity index (χ0v) is 19.4. The second-order valence-electron chi connectivity index (χ2n) is 9.15. The van der Waals surface area contributed by atoms with E-state index in [-0.39, 0.29) is 24.2 Å². The van der Waals surface area contributed by atoms with Crippen molar-refractivity contribution in [1.29, 1.82) is 0 Å². The first kappa shape index (κ1) is 29.0. The highest BCUT2D eigenvalue weighted by Crippen LogP contribution is 2.23. The molecule has 0 aromatic heterocycles. The molecule has 0 radical (unpaired) electrons. The third-order valence-corrected chi connectivity index (χ3v) is 2.71. The molecule has 8 heteroatoms. The summed E-state index contributed by atoms with van der Waals surface area (Å²) in [6.45, 7) is 20.2. The predicted molar refractivity (Wildman–Crippen MR) is 105 cm³/mol. The number of hydrogen-bond donors (Lipinski definition) is 1. The zero-order valence-electron chi connectivity index (χ0n) is 19.4. The van der Waals surface area contributed by atoms with Crippen LogP contribution in [-0.4, -0.2) is 40.6 Å². The van der Waals surface area contributed by atoms with E-state index in [1.54, 1.807) is 41.5 Å². The van der Waals surface area contributed by atoms with Crippen LogP contribution < -0.4 is 0 Å². The summed E-state index contributed by atoms with van der Waals surface area (Å²) in [5.74, 6) is -3.15. The van der Waals surface area contributed by atoms with Gasteiger partial charge < -0.3 is 9.84 Å². The fourth-order valence-corrected chi connectivity index (χ4v) is 1.19. The highest BCUT2D eigenvalue weighted by atomic mass is 17.2. The molecule has 8 nitrogen and oxygen atoms in total. The molecule has 0 aliphatic heterocycles. The van der Waals surface area contributed by atoms with Crippen molar-refractivity contribution in [3.05, 3.63) is 0 Å². The topological polar surface area (TPSA) is 101 Å². The molecule has 168 valence electrons. The largest absolute Gasteiger partial charge is 0.477 e. The van der Waals surface area contributed by atoms with Gasteiger partial charge >= 0.3 is 11.9 Å². The van der Waals surface area contributed by atoms with Gasteiger partial charge in [0.25, 0.3) is 5.79 Å². The molecule has 0 heterocycles. The Hall–Kier alpha value is -1.22. The molecule has 0 aliphatic carbocycles. The Morgan fingerprint density at radius 3 is 1.61 bits per heavy atom. The lowest BCUT2D eigenvalue weighted by Gasteiger charge is -2.30. The molecule has 0 rings (SSSR count). The van der Waals surface area contributed by atoms with Crippen LogP contribution in [0.4, 0.5) is 0 Å². The summed E-state index contributed by atoms with van der Waals surface area (Å²) >= 11 is 0. The average molecular weight is 409 g/mol. The normalized spacial score (nSPS) is 14.3. The molecule has 0 amide bonds. The molecule has 0 aromatic carbocycles. The van der Waals surface area contributed by atoms with Crippen LogP contribution in [0.25, 0.3) is 0 Å². The number of carbonyl (C=O) groups is 2. The van der Waals surface area contributed by atoms with E-state index in [1.165, 1.54) is 0 Å². The van der Waals surface area contributed by atoms with Gasteiger partial charge in [-0.05, 0) is 47.5 Å². The Morgan fingerprint density at radius 1 is 0.857 bits per heavy atom. The summed E-state index contributed by atoms with van der Waals surface area (Å²) in [6.07, 6.45) is 0.172. The summed E-state index contributed by atoms with van der Waals surface area (Å²) in [5, 5.41) is 9.20. The standard InChI is InChI=1S/C12H24O5.C8H16O3/c1-7-12(10(13)14,15-8-9(2)3)17-16-11(4,5)6;1-6(2)7(9)10-11-8(3,4)5/h9H,7-8H2,1-6H3,(H,13,14);6H,1-5H3. The second-order valence-corrected chi connectivity index (χ2v) is 9.15. The second kappa shape index (κ2) is 12.4. The lowest BCUT2D eigenvalue weighted by atomic mass is 10.2. The lowest BCUT2D eigenvalue weighted by Crippen LogP contribution is -2.46. The van der Waals surface area contributed by atoms with Crippen molar-refractivity contribution >= 4 is 11.9 Å². The monoisotopic (exact) mass is 408 g/mol. The highest BCUT2D eigenvalue weighted by Gasteiger charge is 2.42. The maximum absolute atomic E-state index is 11.3. The molecule has 1 atom stereocenters. The third kappa shape index (κ3) is 14.8. The fraction of sp³-hybridized carbons (Fsp3) is 0.900. The van der Waals surface area contributed by atoms with Crippen LogP contribution in [0.15, 0.2) is 0 Å². The van der Waals surface area contributed by atoms with Gasteiger partial charge in [0.15, 0.2) is 0 Å². The molecule has 1 N–H and O–H groups in total. The average Bonchev–Trinajstić information content (AvgIpc) is 2.51. The van der Waals surface area contributed by atoms with Gasteiger partial charge in [-0.25, -0.2) is 14.5 Å². The van der Waals surface area contributed by atoms with Crippen LogP contribution in [0.3, 0.4) is 0 Å². The molecule has 0 aromatic rings. The third-order valence-electron chi connectivity index (χ3n) is 2.71. The van der Waals surface area contributed by atoms with E-state index in [4.69, 9.17) is 19.4 Å². The van der Waals surface area contributed by atoms with E-state index >= 15 is 0 Å². The molecule has 0 spiro atoms. The van der Waals surface area contributed by atoms with E-state index in [0.717, 1.165) is 0 Å². The van der Waals surface area contributed by atoms with Gasteiger partial charge in [-0.3, -0.25) is 4.89 Å². The first-order valence-corrected chi connectivity index (χ1v) is 9.59. The molecule has 28 heavy (non-hydrogen) atoms. The Labute approximate surface area is 169 Å². The number of carbonyl (C=O) groups excluding carboxylic acids is 1. The molecule has 0 aliphatic rings. The lowest BCUT2D eigenvalue weighted by molar-refractivity contribution is -0.448. The number of aliphatic carboxylic acids is 1.